The quantitative estimate of drug-likeness (QED) is 0.809. The van der Waals surface area contributed by atoms with Crippen molar-refractivity contribution in [3.63, 3.8) is 0 Å². The number of aromatic nitrogens is 1. The molecule has 100 valence electrons. The zero-order valence-electron chi connectivity index (χ0n) is 10.3. The molecule has 2 fully saturated rings. The van der Waals surface area contributed by atoms with Crippen LogP contribution in [0.15, 0.2) is 23.2 Å². The van der Waals surface area contributed by atoms with Crippen molar-refractivity contribution in [1.82, 2.24) is 14.6 Å². The van der Waals surface area contributed by atoms with Crippen molar-refractivity contribution in [3.05, 3.63) is 24.0 Å². The molecular weight excluding hydrogens is 264 g/mol. The number of sulfonamides is 1. The zero-order chi connectivity index (χ0) is 13.5. The molecule has 2 saturated heterocycles. The number of nitriles is 1. The van der Waals surface area contributed by atoms with Crippen molar-refractivity contribution in [2.24, 2.45) is 11.8 Å². The van der Waals surface area contributed by atoms with Crippen LogP contribution in [0.25, 0.3) is 0 Å². The van der Waals surface area contributed by atoms with E-state index in [9.17, 15) is 8.42 Å². The molecule has 0 radical (unpaired) electrons. The van der Waals surface area contributed by atoms with Crippen LogP contribution >= 0.6 is 0 Å². The lowest BCUT2D eigenvalue weighted by Gasteiger charge is -2.17. The zero-order valence-corrected chi connectivity index (χ0v) is 11.1. The van der Waals surface area contributed by atoms with Crippen LogP contribution in [0.4, 0.5) is 0 Å². The number of hydrogen-bond acceptors (Lipinski definition) is 5. The predicted octanol–water partition coefficient (Wildman–Crippen LogP) is -0.207. The van der Waals surface area contributed by atoms with Gasteiger partial charge in [0.1, 0.15) is 16.7 Å². The van der Waals surface area contributed by atoms with Crippen molar-refractivity contribution in [3.8, 4) is 6.07 Å². The summed E-state index contributed by atoms with van der Waals surface area (Å²) in [7, 11) is -3.47. The highest BCUT2D eigenvalue weighted by Crippen LogP contribution is 2.30. The third kappa shape index (κ3) is 2.12. The van der Waals surface area contributed by atoms with Gasteiger partial charge < -0.3 is 5.32 Å². The Kier molecular flexibility index (Phi) is 3.01. The molecule has 2 aliphatic rings. The molecule has 0 bridgehead atoms. The van der Waals surface area contributed by atoms with Crippen LogP contribution in [-0.2, 0) is 10.0 Å². The predicted molar refractivity (Wildman–Crippen MR) is 67.6 cm³/mol. The Morgan fingerprint density at radius 3 is 2.53 bits per heavy atom. The lowest BCUT2D eigenvalue weighted by Crippen LogP contribution is -2.32. The van der Waals surface area contributed by atoms with E-state index in [1.165, 1.54) is 22.6 Å². The second-order valence-corrected chi connectivity index (χ2v) is 6.93. The van der Waals surface area contributed by atoms with Gasteiger partial charge >= 0.3 is 0 Å². The molecular formula is C12H14N4O2S. The van der Waals surface area contributed by atoms with Crippen LogP contribution in [0.2, 0.25) is 0 Å². The molecule has 3 rings (SSSR count). The van der Waals surface area contributed by atoms with Gasteiger partial charge in [0.25, 0.3) is 0 Å². The first-order valence-electron chi connectivity index (χ1n) is 6.18. The highest BCUT2D eigenvalue weighted by molar-refractivity contribution is 7.89. The molecule has 0 unspecified atom stereocenters. The molecule has 19 heavy (non-hydrogen) atoms. The van der Waals surface area contributed by atoms with Gasteiger partial charge in [-0.2, -0.15) is 9.57 Å². The Morgan fingerprint density at radius 2 is 2.00 bits per heavy atom. The molecule has 1 N–H and O–H groups in total. The summed E-state index contributed by atoms with van der Waals surface area (Å²) in [5.41, 5.74) is 0.224. The molecule has 0 saturated carbocycles. The summed E-state index contributed by atoms with van der Waals surface area (Å²) in [5, 5.41) is 12.0. The minimum Gasteiger partial charge on any atom is -0.316 e. The average Bonchev–Trinajstić information content (AvgIpc) is 2.99. The van der Waals surface area contributed by atoms with Gasteiger partial charge in [0, 0.05) is 19.3 Å². The van der Waals surface area contributed by atoms with Gasteiger partial charge in [0.05, 0.1) is 0 Å². The second kappa shape index (κ2) is 4.56. The average molecular weight is 278 g/mol. The molecule has 7 heteroatoms. The molecule has 0 aromatic carbocycles. The van der Waals surface area contributed by atoms with E-state index < -0.39 is 10.0 Å². The summed E-state index contributed by atoms with van der Waals surface area (Å²) >= 11 is 0. The summed E-state index contributed by atoms with van der Waals surface area (Å²) in [6.07, 6.45) is 1.26. The van der Waals surface area contributed by atoms with Crippen molar-refractivity contribution in [1.29, 1.82) is 5.26 Å². The third-order valence-corrected chi connectivity index (χ3v) is 5.66. The monoisotopic (exact) mass is 278 g/mol. The third-order valence-electron chi connectivity index (χ3n) is 3.84. The molecule has 0 amide bonds. The fourth-order valence-electron chi connectivity index (χ4n) is 2.76. The van der Waals surface area contributed by atoms with E-state index in [-0.39, 0.29) is 10.6 Å². The summed E-state index contributed by atoms with van der Waals surface area (Å²) in [5.74, 6) is 0.835. The van der Waals surface area contributed by atoms with Gasteiger partial charge in [-0.1, -0.05) is 0 Å². The van der Waals surface area contributed by atoms with E-state index >= 15 is 0 Å². The van der Waals surface area contributed by atoms with E-state index in [2.05, 4.69) is 10.3 Å². The van der Waals surface area contributed by atoms with Crippen LogP contribution in [0.1, 0.15) is 5.69 Å². The van der Waals surface area contributed by atoms with Crippen molar-refractivity contribution in [2.45, 2.75) is 4.90 Å². The number of hydrogen-bond donors (Lipinski definition) is 1. The molecule has 2 atom stereocenters. The summed E-state index contributed by atoms with van der Waals surface area (Å²) < 4.78 is 26.4. The van der Waals surface area contributed by atoms with Crippen LogP contribution in [0, 0.1) is 23.2 Å². The smallest absolute Gasteiger partial charge is 0.244 e. The van der Waals surface area contributed by atoms with Crippen molar-refractivity contribution < 1.29 is 8.42 Å². The van der Waals surface area contributed by atoms with Gasteiger partial charge in [-0.25, -0.2) is 13.4 Å². The van der Waals surface area contributed by atoms with Crippen molar-refractivity contribution in [2.75, 3.05) is 26.2 Å². The summed E-state index contributed by atoms with van der Waals surface area (Å²) in [6.45, 7) is 2.92. The molecule has 3 heterocycles. The van der Waals surface area contributed by atoms with Gasteiger partial charge in [-0.05, 0) is 37.1 Å². The fourth-order valence-corrected chi connectivity index (χ4v) is 4.26. The number of pyridine rings is 1. The highest BCUT2D eigenvalue weighted by atomic mass is 32.2. The van der Waals surface area contributed by atoms with Crippen LogP contribution in [0.5, 0.6) is 0 Å². The number of rotatable bonds is 2. The largest absolute Gasteiger partial charge is 0.316 e. The molecule has 1 aromatic heterocycles. The number of fused-ring (bicyclic) bond motifs is 1. The Balaban J connectivity index is 1.84. The van der Waals surface area contributed by atoms with Gasteiger partial charge in [-0.3, -0.25) is 0 Å². The Bertz CT molecular complexity index is 608. The van der Waals surface area contributed by atoms with Crippen LogP contribution in [-0.4, -0.2) is 43.9 Å². The number of nitrogens with zero attached hydrogens (tertiary/aromatic N) is 3. The number of nitrogens with one attached hydrogen (secondary N) is 1. The second-order valence-electron chi connectivity index (χ2n) is 4.99. The minimum absolute atomic E-state index is 0.166. The topological polar surface area (TPSA) is 86.1 Å². The Hall–Kier alpha value is -1.49. The van der Waals surface area contributed by atoms with E-state index in [1.54, 1.807) is 0 Å². The van der Waals surface area contributed by atoms with E-state index in [0.29, 0.717) is 24.9 Å². The first kappa shape index (κ1) is 12.5. The summed E-state index contributed by atoms with van der Waals surface area (Å²) in [4.78, 5) is 3.99. The lowest BCUT2D eigenvalue weighted by molar-refractivity contribution is 0.448. The van der Waals surface area contributed by atoms with E-state index in [0.717, 1.165) is 13.1 Å². The van der Waals surface area contributed by atoms with Gasteiger partial charge in [0.2, 0.25) is 10.0 Å². The Morgan fingerprint density at radius 1 is 1.32 bits per heavy atom. The first-order chi connectivity index (χ1) is 9.11. The normalized spacial score (nSPS) is 27.1. The van der Waals surface area contributed by atoms with E-state index in [4.69, 9.17) is 5.26 Å². The molecule has 1 aromatic rings. The lowest BCUT2D eigenvalue weighted by atomic mass is 10.0. The minimum atomic E-state index is -3.47. The molecule has 6 nitrogen and oxygen atoms in total. The maximum Gasteiger partial charge on any atom is 0.244 e. The first-order valence-corrected chi connectivity index (χ1v) is 7.62. The van der Waals surface area contributed by atoms with Crippen LogP contribution < -0.4 is 5.32 Å². The summed E-state index contributed by atoms with van der Waals surface area (Å²) in [6, 6.07) is 4.77. The molecule has 0 spiro atoms. The van der Waals surface area contributed by atoms with E-state index in [1.807, 2.05) is 6.07 Å². The van der Waals surface area contributed by atoms with Gasteiger partial charge in [-0.15, -0.1) is 0 Å². The maximum absolute atomic E-state index is 12.4. The molecule has 2 aliphatic heterocycles. The van der Waals surface area contributed by atoms with Crippen molar-refractivity contribution >= 4 is 10.0 Å². The van der Waals surface area contributed by atoms with Gasteiger partial charge in [0.15, 0.2) is 0 Å². The highest BCUT2D eigenvalue weighted by Gasteiger charge is 2.41. The molecule has 0 aliphatic carbocycles. The Labute approximate surface area is 112 Å². The fraction of sp³-hybridized carbons (Fsp3) is 0.500. The SMILES string of the molecule is N#Cc1ccc(S(=O)(=O)N2C[C@H]3CNC[C@H]3C2)cn1. The maximum atomic E-state index is 12.4. The standard InChI is InChI=1S/C12H14N4O2S/c13-3-11-1-2-12(6-15-11)19(17,18)16-7-9-4-14-5-10(9)8-16/h1-2,6,9-10,14H,4-5,7-8H2/t9-,10+. The van der Waals surface area contributed by atoms with Crippen LogP contribution in [0.3, 0.4) is 0 Å².